The van der Waals surface area contributed by atoms with Gasteiger partial charge in [-0.1, -0.05) is 53.6 Å². The fourth-order valence-electron chi connectivity index (χ4n) is 2.03. The molecule has 0 saturated heterocycles. The molecule has 0 saturated carbocycles. The van der Waals surface area contributed by atoms with E-state index in [1.54, 1.807) is 6.07 Å². The number of para-hydroxylation sites is 1. The van der Waals surface area contributed by atoms with E-state index in [4.69, 9.17) is 11.6 Å². The molecule has 0 fully saturated rings. The summed E-state index contributed by atoms with van der Waals surface area (Å²) in [4.78, 5) is 0. The minimum atomic E-state index is 0.173. The Morgan fingerprint density at radius 3 is 2.74 bits per heavy atom. The summed E-state index contributed by atoms with van der Waals surface area (Å²) in [6.45, 7) is 3.59. The van der Waals surface area contributed by atoms with Gasteiger partial charge >= 0.3 is 0 Å². The number of phenols is 1. The van der Waals surface area contributed by atoms with E-state index in [0.717, 1.165) is 18.5 Å². The Bertz CT molecular complexity index is 554. The molecular weight excluding hydrogens is 258 g/mol. The molecular formula is C16H18ClNO. The van der Waals surface area contributed by atoms with Crippen molar-refractivity contribution in [3.8, 4) is 5.75 Å². The van der Waals surface area contributed by atoms with Crippen molar-refractivity contribution in [2.24, 2.45) is 0 Å². The third-order valence-electron chi connectivity index (χ3n) is 3.06. The lowest BCUT2D eigenvalue weighted by Gasteiger charge is -2.08. The Hall–Kier alpha value is -1.51. The third kappa shape index (κ3) is 3.98. The van der Waals surface area contributed by atoms with Gasteiger partial charge in [0, 0.05) is 12.1 Å². The molecule has 0 bridgehead atoms. The SMILES string of the molecule is Cc1cccc(CCNCc2cccc(Cl)c2O)c1. The monoisotopic (exact) mass is 275 g/mol. The zero-order chi connectivity index (χ0) is 13.7. The number of phenolic OH excluding ortho intramolecular Hbond substituents is 1. The van der Waals surface area contributed by atoms with Crippen molar-refractivity contribution in [1.29, 1.82) is 0 Å². The van der Waals surface area contributed by atoms with Gasteiger partial charge < -0.3 is 10.4 Å². The van der Waals surface area contributed by atoms with Crippen LogP contribution < -0.4 is 5.32 Å². The number of hydrogen-bond donors (Lipinski definition) is 2. The molecule has 0 aliphatic carbocycles. The molecule has 100 valence electrons. The number of rotatable bonds is 5. The molecule has 0 radical (unpaired) electrons. The predicted octanol–water partition coefficient (Wildman–Crippen LogP) is 3.69. The highest BCUT2D eigenvalue weighted by atomic mass is 35.5. The fraction of sp³-hybridized carbons (Fsp3) is 0.250. The van der Waals surface area contributed by atoms with Gasteiger partial charge in [-0.25, -0.2) is 0 Å². The molecule has 0 atom stereocenters. The fourth-order valence-corrected chi connectivity index (χ4v) is 2.22. The first-order chi connectivity index (χ1) is 9.16. The quantitative estimate of drug-likeness (QED) is 0.816. The lowest BCUT2D eigenvalue weighted by molar-refractivity contribution is 0.465. The largest absolute Gasteiger partial charge is 0.506 e. The zero-order valence-corrected chi connectivity index (χ0v) is 11.7. The van der Waals surface area contributed by atoms with Crippen LogP contribution in [0.5, 0.6) is 5.75 Å². The summed E-state index contributed by atoms with van der Waals surface area (Å²) in [5.41, 5.74) is 3.43. The maximum Gasteiger partial charge on any atom is 0.138 e. The predicted molar refractivity (Wildman–Crippen MR) is 79.7 cm³/mol. The Labute approximate surface area is 119 Å². The standard InChI is InChI=1S/C16H18ClNO/c1-12-4-2-5-13(10-12)8-9-18-11-14-6-3-7-15(17)16(14)19/h2-7,10,18-19H,8-9,11H2,1H3. The van der Waals surface area contributed by atoms with Crippen molar-refractivity contribution >= 4 is 11.6 Å². The second-order valence-electron chi connectivity index (χ2n) is 4.66. The lowest BCUT2D eigenvalue weighted by Crippen LogP contribution is -2.16. The Kier molecular flexibility index (Phi) is 4.83. The van der Waals surface area contributed by atoms with Crippen LogP contribution in [0.1, 0.15) is 16.7 Å². The Balaban J connectivity index is 1.82. The van der Waals surface area contributed by atoms with Crippen molar-refractivity contribution in [3.63, 3.8) is 0 Å². The van der Waals surface area contributed by atoms with Crippen LogP contribution in [-0.4, -0.2) is 11.7 Å². The molecule has 19 heavy (non-hydrogen) atoms. The van der Waals surface area contributed by atoms with E-state index in [-0.39, 0.29) is 5.75 Å². The highest BCUT2D eigenvalue weighted by Gasteiger charge is 2.04. The molecule has 0 heterocycles. The van der Waals surface area contributed by atoms with Gasteiger partial charge in [0.2, 0.25) is 0 Å². The van der Waals surface area contributed by atoms with Gasteiger partial charge in [-0.05, 0) is 31.5 Å². The number of benzene rings is 2. The van der Waals surface area contributed by atoms with Crippen LogP contribution in [-0.2, 0) is 13.0 Å². The van der Waals surface area contributed by atoms with Crippen LogP contribution in [0.15, 0.2) is 42.5 Å². The number of halogens is 1. The molecule has 0 aromatic heterocycles. The molecule has 0 unspecified atom stereocenters. The smallest absolute Gasteiger partial charge is 0.138 e. The van der Waals surface area contributed by atoms with Gasteiger partial charge in [-0.2, -0.15) is 0 Å². The minimum Gasteiger partial charge on any atom is -0.506 e. The molecule has 0 spiro atoms. The van der Waals surface area contributed by atoms with E-state index in [1.165, 1.54) is 11.1 Å². The normalized spacial score (nSPS) is 10.6. The van der Waals surface area contributed by atoms with E-state index >= 15 is 0 Å². The van der Waals surface area contributed by atoms with Gasteiger partial charge in [0.1, 0.15) is 5.75 Å². The molecule has 2 aromatic rings. The van der Waals surface area contributed by atoms with Gasteiger partial charge in [0.05, 0.1) is 5.02 Å². The van der Waals surface area contributed by atoms with Gasteiger partial charge in [0.15, 0.2) is 0 Å². The van der Waals surface area contributed by atoms with Crippen molar-refractivity contribution in [2.45, 2.75) is 19.9 Å². The van der Waals surface area contributed by atoms with Crippen LogP contribution in [0, 0.1) is 6.92 Å². The highest BCUT2D eigenvalue weighted by molar-refractivity contribution is 6.32. The second kappa shape index (κ2) is 6.60. The summed E-state index contributed by atoms with van der Waals surface area (Å²) in [5.74, 6) is 0.173. The summed E-state index contributed by atoms with van der Waals surface area (Å²) in [6, 6.07) is 13.9. The number of hydrogen-bond acceptors (Lipinski definition) is 2. The maximum absolute atomic E-state index is 9.78. The van der Waals surface area contributed by atoms with Gasteiger partial charge in [-0.15, -0.1) is 0 Å². The number of aromatic hydroxyl groups is 1. The van der Waals surface area contributed by atoms with Crippen LogP contribution in [0.25, 0.3) is 0 Å². The summed E-state index contributed by atoms with van der Waals surface area (Å²) in [6.07, 6.45) is 0.975. The number of nitrogens with one attached hydrogen (secondary N) is 1. The maximum atomic E-state index is 9.78. The molecule has 2 rings (SSSR count). The van der Waals surface area contributed by atoms with Crippen molar-refractivity contribution < 1.29 is 5.11 Å². The number of aryl methyl sites for hydroxylation is 1. The Morgan fingerprint density at radius 2 is 1.95 bits per heavy atom. The topological polar surface area (TPSA) is 32.3 Å². The van der Waals surface area contributed by atoms with E-state index in [1.807, 2.05) is 12.1 Å². The summed E-state index contributed by atoms with van der Waals surface area (Å²) in [7, 11) is 0. The first kappa shape index (κ1) is 13.9. The van der Waals surface area contributed by atoms with Crippen LogP contribution >= 0.6 is 11.6 Å². The van der Waals surface area contributed by atoms with Gasteiger partial charge in [0.25, 0.3) is 0 Å². The van der Waals surface area contributed by atoms with E-state index in [9.17, 15) is 5.11 Å². The average Bonchev–Trinajstić information content (AvgIpc) is 2.39. The Morgan fingerprint density at radius 1 is 1.16 bits per heavy atom. The van der Waals surface area contributed by atoms with Crippen LogP contribution in [0.4, 0.5) is 0 Å². The molecule has 2 aromatic carbocycles. The van der Waals surface area contributed by atoms with Crippen LogP contribution in [0.3, 0.4) is 0 Å². The second-order valence-corrected chi connectivity index (χ2v) is 5.07. The van der Waals surface area contributed by atoms with E-state index in [2.05, 4.69) is 36.5 Å². The molecule has 0 aliphatic rings. The molecule has 3 heteroatoms. The van der Waals surface area contributed by atoms with Crippen molar-refractivity contribution in [2.75, 3.05) is 6.54 Å². The van der Waals surface area contributed by atoms with Gasteiger partial charge in [-0.3, -0.25) is 0 Å². The molecule has 2 nitrogen and oxygen atoms in total. The first-order valence-electron chi connectivity index (χ1n) is 6.39. The minimum absolute atomic E-state index is 0.173. The zero-order valence-electron chi connectivity index (χ0n) is 11.0. The first-order valence-corrected chi connectivity index (χ1v) is 6.77. The van der Waals surface area contributed by atoms with Crippen molar-refractivity contribution in [3.05, 3.63) is 64.2 Å². The van der Waals surface area contributed by atoms with E-state index < -0.39 is 0 Å². The molecule has 2 N–H and O–H groups in total. The molecule has 0 aliphatic heterocycles. The average molecular weight is 276 g/mol. The van der Waals surface area contributed by atoms with E-state index in [0.29, 0.717) is 11.6 Å². The highest BCUT2D eigenvalue weighted by Crippen LogP contribution is 2.26. The van der Waals surface area contributed by atoms with Crippen LogP contribution in [0.2, 0.25) is 5.02 Å². The summed E-state index contributed by atoms with van der Waals surface area (Å²) in [5, 5.41) is 13.5. The molecule has 0 amide bonds. The lowest BCUT2D eigenvalue weighted by atomic mass is 10.1. The summed E-state index contributed by atoms with van der Waals surface area (Å²) < 4.78 is 0. The summed E-state index contributed by atoms with van der Waals surface area (Å²) >= 11 is 5.86. The third-order valence-corrected chi connectivity index (χ3v) is 3.36. The van der Waals surface area contributed by atoms with Crippen molar-refractivity contribution in [1.82, 2.24) is 5.32 Å².